The first kappa shape index (κ1) is 12.3. The van der Waals surface area contributed by atoms with Crippen molar-refractivity contribution in [1.82, 2.24) is 0 Å². The van der Waals surface area contributed by atoms with Crippen molar-refractivity contribution in [2.75, 3.05) is 17.6 Å². The van der Waals surface area contributed by atoms with Crippen molar-refractivity contribution in [3.63, 3.8) is 0 Å². The summed E-state index contributed by atoms with van der Waals surface area (Å²) in [5.41, 5.74) is 13.0. The Morgan fingerprint density at radius 1 is 1.32 bits per heavy atom. The van der Waals surface area contributed by atoms with E-state index < -0.39 is 5.91 Å². The molecule has 4 nitrogen and oxygen atoms in total. The van der Waals surface area contributed by atoms with Gasteiger partial charge in [-0.25, -0.2) is 0 Å². The third kappa shape index (κ3) is 2.39. The number of hydrogen-bond donors (Lipinski definition) is 3. The molecule has 1 aromatic carbocycles. The molecule has 0 radical (unpaired) electrons. The molecule has 0 aromatic heterocycles. The summed E-state index contributed by atoms with van der Waals surface area (Å²) >= 11 is 0. The number of fused-ring (bicyclic) bond motifs is 2. The molecule has 1 amide bonds. The SMILES string of the molecule is NC(=O)c1cc(N)ccc1NCC1CC2CCC1C2. The first-order chi connectivity index (χ1) is 9.13. The number of anilines is 2. The number of hydrogen-bond acceptors (Lipinski definition) is 3. The van der Waals surface area contributed by atoms with Crippen molar-refractivity contribution >= 4 is 17.3 Å². The van der Waals surface area contributed by atoms with Crippen LogP contribution in [0.3, 0.4) is 0 Å². The Hall–Kier alpha value is -1.71. The third-order valence-corrected chi connectivity index (χ3v) is 4.75. The van der Waals surface area contributed by atoms with Gasteiger partial charge in [-0.2, -0.15) is 0 Å². The number of rotatable bonds is 4. The van der Waals surface area contributed by atoms with Gasteiger partial charge >= 0.3 is 0 Å². The Kier molecular flexibility index (Phi) is 3.09. The van der Waals surface area contributed by atoms with E-state index in [9.17, 15) is 4.79 Å². The number of carbonyl (C=O) groups is 1. The van der Waals surface area contributed by atoms with E-state index in [1.54, 1.807) is 12.1 Å². The molecule has 3 unspecified atom stereocenters. The average Bonchev–Trinajstić information content (AvgIpc) is 2.99. The highest BCUT2D eigenvalue weighted by Gasteiger charge is 2.39. The lowest BCUT2D eigenvalue weighted by molar-refractivity contribution is 0.100. The quantitative estimate of drug-likeness (QED) is 0.725. The predicted molar refractivity (Wildman–Crippen MR) is 76.8 cm³/mol. The highest BCUT2D eigenvalue weighted by atomic mass is 16.1. The van der Waals surface area contributed by atoms with E-state index in [-0.39, 0.29) is 0 Å². The molecule has 0 heterocycles. The second-order valence-electron chi connectivity index (χ2n) is 5.99. The van der Waals surface area contributed by atoms with Gasteiger partial charge in [-0.3, -0.25) is 4.79 Å². The fourth-order valence-corrected chi connectivity index (χ4v) is 3.79. The molecule has 2 aliphatic carbocycles. The molecule has 0 aliphatic heterocycles. The van der Waals surface area contributed by atoms with Crippen molar-refractivity contribution in [1.29, 1.82) is 0 Å². The molecule has 2 fully saturated rings. The highest BCUT2D eigenvalue weighted by Crippen LogP contribution is 2.48. The van der Waals surface area contributed by atoms with Crippen LogP contribution < -0.4 is 16.8 Å². The van der Waals surface area contributed by atoms with E-state index in [4.69, 9.17) is 11.5 Å². The maximum atomic E-state index is 11.4. The smallest absolute Gasteiger partial charge is 0.250 e. The molecule has 102 valence electrons. The van der Waals surface area contributed by atoms with E-state index in [0.29, 0.717) is 11.3 Å². The lowest BCUT2D eigenvalue weighted by Gasteiger charge is -2.23. The summed E-state index contributed by atoms with van der Waals surface area (Å²) in [6.07, 6.45) is 5.52. The Balaban J connectivity index is 1.68. The monoisotopic (exact) mass is 259 g/mol. The molecule has 0 spiro atoms. The number of nitrogens with one attached hydrogen (secondary N) is 1. The first-order valence-electron chi connectivity index (χ1n) is 7.06. The van der Waals surface area contributed by atoms with Crippen LogP contribution in [0.4, 0.5) is 11.4 Å². The minimum absolute atomic E-state index is 0.428. The van der Waals surface area contributed by atoms with E-state index >= 15 is 0 Å². The van der Waals surface area contributed by atoms with Crippen LogP contribution in [0.5, 0.6) is 0 Å². The van der Waals surface area contributed by atoms with Crippen molar-refractivity contribution in [3.8, 4) is 0 Å². The van der Waals surface area contributed by atoms with Crippen LogP contribution in [0.2, 0.25) is 0 Å². The van der Waals surface area contributed by atoms with Crippen molar-refractivity contribution < 1.29 is 4.79 Å². The summed E-state index contributed by atoms with van der Waals surface area (Å²) in [6, 6.07) is 5.30. The standard InChI is InChI=1S/C15H21N3O/c16-12-3-4-14(13(7-12)15(17)19)18-8-11-6-9-1-2-10(11)5-9/h3-4,7,9-11,18H,1-2,5-6,8,16H2,(H2,17,19). The number of carbonyl (C=O) groups excluding carboxylic acids is 1. The summed E-state index contributed by atoms with van der Waals surface area (Å²) in [7, 11) is 0. The Bertz CT molecular complexity index is 500. The zero-order chi connectivity index (χ0) is 13.4. The Labute approximate surface area is 113 Å². The number of nitrogen functional groups attached to an aromatic ring is 1. The van der Waals surface area contributed by atoms with Gasteiger partial charge in [0.05, 0.1) is 5.56 Å². The third-order valence-electron chi connectivity index (χ3n) is 4.75. The lowest BCUT2D eigenvalue weighted by Crippen LogP contribution is -2.22. The molecular formula is C15H21N3O. The van der Waals surface area contributed by atoms with Gasteiger partial charge in [0.1, 0.15) is 0 Å². The van der Waals surface area contributed by atoms with E-state index in [2.05, 4.69) is 5.32 Å². The molecular weight excluding hydrogens is 238 g/mol. The van der Waals surface area contributed by atoms with Gasteiger partial charge in [0.15, 0.2) is 0 Å². The topological polar surface area (TPSA) is 81.1 Å². The van der Waals surface area contributed by atoms with Gasteiger partial charge in [-0.15, -0.1) is 0 Å². The predicted octanol–water partition coefficient (Wildman–Crippen LogP) is 2.22. The van der Waals surface area contributed by atoms with Gasteiger partial charge in [0.2, 0.25) is 0 Å². The van der Waals surface area contributed by atoms with Gasteiger partial charge in [-0.05, 0) is 55.2 Å². The number of primary amides is 1. The first-order valence-corrected chi connectivity index (χ1v) is 7.06. The Morgan fingerprint density at radius 2 is 2.16 bits per heavy atom. The molecule has 5 N–H and O–H groups in total. The minimum atomic E-state index is -0.428. The highest BCUT2D eigenvalue weighted by molar-refractivity contribution is 5.99. The zero-order valence-corrected chi connectivity index (χ0v) is 11.1. The molecule has 0 saturated heterocycles. The van der Waals surface area contributed by atoms with Gasteiger partial charge in [0, 0.05) is 17.9 Å². The normalized spacial score (nSPS) is 28.5. The summed E-state index contributed by atoms with van der Waals surface area (Å²) in [5, 5.41) is 3.39. The summed E-state index contributed by atoms with van der Waals surface area (Å²) in [4.78, 5) is 11.4. The Morgan fingerprint density at radius 3 is 2.79 bits per heavy atom. The molecule has 3 rings (SSSR count). The minimum Gasteiger partial charge on any atom is -0.399 e. The largest absolute Gasteiger partial charge is 0.399 e. The zero-order valence-electron chi connectivity index (χ0n) is 11.1. The fourth-order valence-electron chi connectivity index (χ4n) is 3.79. The number of nitrogens with two attached hydrogens (primary N) is 2. The summed E-state index contributed by atoms with van der Waals surface area (Å²) in [6.45, 7) is 0.936. The summed E-state index contributed by atoms with van der Waals surface area (Å²) in [5.74, 6) is 2.14. The maximum Gasteiger partial charge on any atom is 0.250 e. The van der Waals surface area contributed by atoms with Crippen LogP contribution in [0.15, 0.2) is 18.2 Å². The second-order valence-corrected chi connectivity index (χ2v) is 5.99. The molecule has 3 atom stereocenters. The van der Waals surface area contributed by atoms with Crippen LogP contribution >= 0.6 is 0 Å². The van der Waals surface area contributed by atoms with Gasteiger partial charge in [-0.1, -0.05) is 6.42 Å². The van der Waals surface area contributed by atoms with Crippen LogP contribution in [0.1, 0.15) is 36.0 Å². The average molecular weight is 259 g/mol. The molecule has 2 bridgehead atoms. The lowest BCUT2D eigenvalue weighted by atomic mass is 9.89. The molecule has 4 heteroatoms. The second kappa shape index (κ2) is 4.76. The molecule has 1 aromatic rings. The van der Waals surface area contributed by atoms with Gasteiger partial charge < -0.3 is 16.8 Å². The summed E-state index contributed by atoms with van der Waals surface area (Å²) < 4.78 is 0. The molecule has 2 saturated carbocycles. The van der Waals surface area contributed by atoms with E-state index in [1.807, 2.05) is 6.07 Å². The maximum absolute atomic E-state index is 11.4. The van der Waals surface area contributed by atoms with Crippen LogP contribution in [0, 0.1) is 17.8 Å². The van der Waals surface area contributed by atoms with Crippen LogP contribution in [-0.2, 0) is 0 Å². The van der Waals surface area contributed by atoms with Crippen molar-refractivity contribution in [2.45, 2.75) is 25.7 Å². The number of amides is 1. The molecule has 19 heavy (non-hydrogen) atoms. The van der Waals surface area contributed by atoms with Crippen molar-refractivity contribution in [3.05, 3.63) is 23.8 Å². The van der Waals surface area contributed by atoms with Crippen LogP contribution in [-0.4, -0.2) is 12.5 Å². The van der Waals surface area contributed by atoms with Crippen molar-refractivity contribution in [2.24, 2.45) is 23.5 Å². The molecule has 2 aliphatic rings. The van der Waals surface area contributed by atoms with Gasteiger partial charge in [0.25, 0.3) is 5.91 Å². The fraction of sp³-hybridized carbons (Fsp3) is 0.533. The van der Waals surface area contributed by atoms with E-state index in [1.165, 1.54) is 25.7 Å². The van der Waals surface area contributed by atoms with E-state index in [0.717, 1.165) is 30.0 Å². The number of benzene rings is 1. The van der Waals surface area contributed by atoms with Crippen LogP contribution in [0.25, 0.3) is 0 Å².